The Morgan fingerprint density at radius 2 is 1.75 bits per heavy atom. The molecule has 3 nitrogen and oxygen atoms in total. The molecule has 0 aliphatic carbocycles. The second-order valence-electron chi connectivity index (χ2n) is 5.51. The van der Waals surface area contributed by atoms with Gasteiger partial charge in [0.1, 0.15) is 5.82 Å². The molecule has 1 aromatic carbocycles. The second kappa shape index (κ2) is 5.63. The first-order valence-corrected chi connectivity index (χ1v) is 7.19. The summed E-state index contributed by atoms with van der Waals surface area (Å²) >= 11 is 0. The molecule has 2 heterocycles. The Morgan fingerprint density at radius 3 is 2.50 bits per heavy atom. The highest BCUT2D eigenvalue weighted by atomic mass is 15.3. The number of piperazine rings is 1. The first kappa shape index (κ1) is 13.1. The average molecular weight is 267 g/mol. The zero-order valence-corrected chi connectivity index (χ0v) is 12.2. The van der Waals surface area contributed by atoms with Crippen molar-refractivity contribution in [2.75, 3.05) is 38.1 Å². The molecule has 0 amide bonds. The van der Waals surface area contributed by atoms with E-state index in [0.29, 0.717) is 0 Å². The molecule has 1 saturated heterocycles. The third kappa shape index (κ3) is 2.68. The Bertz CT molecular complexity index is 586. The lowest BCUT2D eigenvalue weighted by molar-refractivity contribution is 0.312. The number of hydrogen-bond donors (Lipinski definition) is 0. The molecular weight excluding hydrogens is 246 g/mol. The molecule has 0 radical (unpaired) electrons. The number of pyridine rings is 1. The molecule has 1 fully saturated rings. The van der Waals surface area contributed by atoms with E-state index in [1.165, 1.54) is 16.7 Å². The van der Waals surface area contributed by atoms with Crippen LogP contribution in [-0.2, 0) is 0 Å². The van der Waals surface area contributed by atoms with Crippen molar-refractivity contribution in [2.45, 2.75) is 6.92 Å². The molecule has 0 atom stereocenters. The smallest absolute Gasteiger partial charge is 0.129 e. The first-order chi connectivity index (χ1) is 9.74. The van der Waals surface area contributed by atoms with E-state index in [4.69, 9.17) is 0 Å². The largest absolute Gasteiger partial charge is 0.354 e. The van der Waals surface area contributed by atoms with Crippen molar-refractivity contribution >= 4 is 5.82 Å². The molecule has 0 saturated carbocycles. The second-order valence-corrected chi connectivity index (χ2v) is 5.51. The summed E-state index contributed by atoms with van der Waals surface area (Å²) in [5.74, 6) is 1.10. The molecule has 2 aromatic rings. The van der Waals surface area contributed by atoms with Crippen molar-refractivity contribution < 1.29 is 0 Å². The van der Waals surface area contributed by atoms with Crippen molar-refractivity contribution in [2.24, 2.45) is 0 Å². The third-order valence-electron chi connectivity index (χ3n) is 4.03. The Morgan fingerprint density at radius 1 is 1.00 bits per heavy atom. The van der Waals surface area contributed by atoms with Crippen LogP contribution < -0.4 is 4.90 Å². The topological polar surface area (TPSA) is 19.4 Å². The van der Waals surface area contributed by atoms with Gasteiger partial charge >= 0.3 is 0 Å². The van der Waals surface area contributed by atoms with Crippen LogP contribution in [0.3, 0.4) is 0 Å². The highest BCUT2D eigenvalue weighted by Gasteiger charge is 2.15. The monoisotopic (exact) mass is 267 g/mol. The van der Waals surface area contributed by atoms with E-state index < -0.39 is 0 Å². The fourth-order valence-electron chi connectivity index (χ4n) is 2.69. The number of benzene rings is 1. The van der Waals surface area contributed by atoms with Gasteiger partial charge < -0.3 is 9.80 Å². The van der Waals surface area contributed by atoms with Gasteiger partial charge in [-0.1, -0.05) is 24.3 Å². The zero-order valence-electron chi connectivity index (χ0n) is 12.2. The van der Waals surface area contributed by atoms with Crippen molar-refractivity contribution in [1.29, 1.82) is 0 Å². The lowest BCUT2D eigenvalue weighted by Crippen LogP contribution is -2.44. The van der Waals surface area contributed by atoms with Crippen molar-refractivity contribution in [3.8, 4) is 11.1 Å². The molecule has 1 aromatic heterocycles. The molecule has 0 N–H and O–H groups in total. The van der Waals surface area contributed by atoms with Crippen LogP contribution in [0.1, 0.15) is 5.56 Å². The van der Waals surface area contributed by atoms with Gasteiger partial charge in [0.25, 0.3) is 0 Å². The van der Waals surface area contributed by atoms with Crippen molar-refractivity contribution in [3.05, 3.63) is 48.2 Å². The first-order valence-electron chi connectivity index (χ1n) is 7.19. The van der Waals surface area contributed by atoms with E-state index >= 15 is 0 Å². The van der Waals surface area contributed by atoms with Crippen LogP contribution in [0.2, 0.25) is 0 Å². The molecule has 1 aliphatic heterocycles. The summed E-state index contributed by atoms with van der Waals surface area (Å²) in [6.07, 6.45) is 1.93. The molecular formula is C17H21N3. The normalized spacial score (nSPS) is 16.4. The number of likely N-dealkylation sites (N-methyl/N-ethyl adjacent to an activating group) is 1. The lowest BCUT2D eigenvalue weighted by atomic mass is 10.0. The number of aromatic nitrogens is 1. The van der Waals surface area contributed by atoms with E-state index in [0.717, 1.165) is 32.0 Å². The van der Waals surface area contributed by atoms with Gasteiger partial charge in [0.05, 0.1) is 0 Å². The highest BCUT2D eigenvalue weighted by molar-refractivity contribution is 5.69. The average Bonchev–Trinajstić information content (AvgIpc) is 2.49. The van der Waals surface area contributed by atoms with Crippen LogP contribution in [0.5, 0.6) is 0 Å². The Hall–Kier alpha value is -1.87. The maximum Gasteiger partial charge on any atom is 0.129 e. The Kier molecular flexibility index (Phi) is 3.70. The van der Waals surface area contributed by atoms with E-state index in [2.05, 4.69) is 65.2 Å². The number of rotatable bonds is 2. The number of aryl methyl sites for hydroxylation is 1. The van der Waals surface area contributed by atoms with Gasteiger partial charge in [0, 0.05) is 32.4 Å². The minimum absolute atomic E-state index is 1.06. The predicted molar refractivity (Wildman–Crippen MR) is 84.1 cm³/mol. The Labute approximate surface area is 120 Å². The zero-order chi connectivity index (χ0) is 13.9. The minimum atomic E-state index is 1.06. The molecule has 3 rings (SSSR count). The van der Waals surface area contributed by atoms with Gasteiger partial charge in [-0.3, -0.25) is 0 Å². The van der Waals surface area contributed by atoms with Crippen molar-refractivity contribution in [1.82, 2.24) is 9.88 Å². The summed E-state index contributed by atoms with van der Waals surface area (Å²) in [4.78, 5) is 9.29. The number of hydrogen-bond acceptors (Lipinski definition) is 3. The summed E-state index contributed by atoms with van der Waals surface area (Å²) < 4.78 is 0. The molecule has 0 unspecified atom stereocenters. The van der Waals surface area contributed by atoms with Gasteiger partial charge in [-0.25, -0.2) is 4.98 Å². The van der Waals surface area contributed by atoms with Gasteiger partial charge in [-0.05, 0) is 42.8 Å². The summed E-state index contributed by atoms with van der Waals surface area (Å²) in [5, 5.41) is 0. The van der Waals surface area contributed by atoms with Crippen LogP contribution in [-0.4, -0.2) is 43.1 Å². The quantitative estimate of drug-likeness (QED) is 0.834. The standard InChI is InChI=1S/C17H21N3/c1-14-5-3-4-6-16(14)15-7-8-18-17(13-15)20-11-9-19(2)10-12-20/h3-8,13H,9-12H2,1-2H3. The van der Waals surface area contributed by atoms with Gasteiger partial charge in [0.2, 0.25) is 0 Å². The van der Waals surface area contributed by atoms with Crippen LogP contribution in [0.15, 0.2) is 42.6 Å². The van der Waals surface area contributed by atoms with Gasteiger partial charge in [-0.15, -0.1) is 0 Å². The van der Waals surface area contributed by atoms with Crippen LogP contribution >= 0.6 is 0 Å². The predicted octanol–water partition coefficient (Wildman–Crippen LogP) is 2.81. The molecule has 104 valence electrons. The van der Waals surface area contributed by atoms with E-state index in [1.54, 1.807) is 0 Å². The molecule has 0 spiro atoms. The minimum Gasteiger partial charge on any atom is -0.354 e. The third-order valence-corrected chi connectivity index (χ3v) is 4.03. The number of nitrogens with zero attached hydrogens (tertiary/aromatic N) is 3. The molecule has 0 bridgehead atoms. The molecule has 20 heavy (non-hydrogen) atoms. The van der Waals surface area contributed by atoms with E-state index in [9.17, 15) is 0 Å². The summed E-state index contributed by atoms with van der Waals surface area (Å²) in [5.41, 5.74) is 3.86. The number of anilines is 1. The van der Waals surface area contributed by atoms with Gasteiger partial charge in [-0.2, -0.15) is 0 Å². The fourth-order valence-corrected chi connectivity index (χ4v) is 2.69. The van der Waals surface area contributed by atoms with Crippen LogP contribution in [0.4, 0.5) is 5.82 Å². The SMILES string of the molecule is Cc1ccccc1-c1ccnc(N2CCN(C)CC2)c1. The summed E-state index contributed by atoms with van der Waals surface area (Å²) in [6.45, 7) is 6.49. The van der Waals surface area contributed by atoms with Crippen LogP contribution in [0, 0.1) is 6.92 Å². The van der Waals surface area contributed by atoms with Crippen molar-refractivity contribution in [3.63, 3.8) is 0 Å². The summed E-state index contributed by atoms with van der Waals surface area (Å²) in [7, 11) is 2.18. The van der Waals surface area contributed by atoms with Crippen LogP contribution in [0.25, 0.3) is 11.1 Å². The van der Waals surface area contributed by atoms with E-state index in [-0.39, 0.29) is 0 Å². The lowest BCUT2D eigenvalue weighted by Gasteiger charge is -2.33. The van der Waals surface area contributed by atoms with Gasteiger partial charge in [0.15, 0.2) is 0 Å². The fraction of sp³-hybridized carbons (Fsp3) is 0.353. The maximum atomic E-state index is 4.55. The van der Waals surface area contributed by atoms with E-state index in [1.807, 2.05) is 6.20 Å². The molecule has 3 heteroatoms. The Balaban J connectivity index is 1.88. The summed E-state index contributed by atoms with van der Waals surface area (Å²) in [6, 6.07) is 12.8. The highest BCUT2D eigenvalue weighted by Crippen LogP contribution is 2.26. The molecule has 1 aliphatic rings. The maximum absolute atomic E-state index is 4.55.